The highest BCUT2D eigenvalue weighted by Crippen LogP contribution is 2.27. The summed E-state index contributed by atoms with van der Waals surface area (Å²) < 4.78 is 38.7. The molecule has 0 aliphatic carbocycles. The topological polar surface area (TPSA) is 97.6 Å². The number of ether oxygens (including phenoxy) is 1. The van der Waals surface area contributed by atoms with E-state index >= 15 is 0 Å². The Morgan fingerprint density at radius 1 is 1.07 bits per heavy atom. The molecule has 8 heteroatoms. The van der Waals surface area contributed by atoms with Gasteiger partial charge in [-0.3, -0.25) is 4.79 Å². The second kappa shape index (κ2) is 8.26. The minimum atomic E-state index is -3.83. The molecule has 1 amide bonds. The number of para-hydroxylation sites is 1. The maximum atomic E-state index is 12.7. The lowest BCUT2D eigenvalue weighted by Gasteiger charge is -2.15. The number of sulfonamides is 1. The van der Waals surface area contributed by atoms with Crippen LogP contribution < -0.4 is 14.8 Å². The van der Waals surface area contributed by atoms with Gasteiger partial charge in [0.25, 0.3) is 5.91 Å². The Bertz CT molecular complexity index is 1100. The molecule has 0 saturated carbocycles. The number of hydrogen-bond donors (Lipinski definition) is 2. The molecule has 0 radical (unpaired) electrons. The van der Waals surface area contributed by atoms with Crippen LogP contribution in [0.5, 0.6) is 5.75 Å². The van der Waals surface area contributed by atoms with Crippen LogP contribution in [-0.2, 0) is 10.0 Å². The van der Waals surface area contributed by atoms with Crippen LogP contribution in [0.4, 0.5) is 0 Å². The zero-order valence-electron chi connectivity index (χ0n) is 16.7. The molecule has 29 heavy (non-hydrogen) atoms. The van der Waals surface area contributed by atoms with Crippen LogP contribution in [0, 0.1) is 0 Å². The average Bonchev–Trinajstić information content (AvgIpc) is 3.11. The summed E-state index contributed by atoms with van der Waals surface area (Å²) in [5.41, 5.74) is 0.944. The lowest BCUT2D eigenvalue weighted by Crippen LogP contribution is -2.31. The van der Waals surface area contributed by atoms with E-state index in [1.807, 2.05) is 30.3 Å². The lowest BCUT2D eigenvalue weighted by molar-refractivity contribution is 0.0935. The standard InChI is InChI=1S/C21H24N2O5S/c1-13(2)23-29(25,26)20-12-16(9-10-18(20)27-4)21(24)22-14(3)19-11-15-7-5-6-8-17(15)28-19/h5-14,23H,1-4H3,(H,22,24). The number of furan rings is 1. The molecule has 7 nitrogen and oxygen atoms in total. The van der Waals surface area contributed by atoms with Gasteiger partial charge in [0.1, 0.15) is 22.0 Å². The molecule has 1 aromatic heterocycles. The number of hydrogen-bond acceptors (Lipinski definition) is 5. The number of carbonyl (C=O) groups excluding carboxylic acids is 1. The van der Waals surface area contributed by atoms with E-state index in [9.17, 15) is 13.2 Å². The van der Waals surface area contributed by atoms with Crippen molar-refractivity contribution >= 4 is 26.9 Å². The SMILES string of the molecule is COc1ccc(C(=O)NC(C)c2cc3ccccc3o2)cc1S(=O)(=O)NC(C)C. The summed E-state index contributed by atoms with van der Waals surface area (Å²) in [5.74, 6) is 0.365. The number of nitrogens with one attached hydrogen (secondary N) is 2. The van der Waals surface area contributed by atoms with Gasteiger partial charge in [-0.2, -0.15) is 0 Å². The van der Waals surface area contributed by atoms with Crippen molar-refractivity contribution in [2.45, 2.75) is 37.8 Å². The molecule has 1 atom stereocenters. The molecular weight excluding hydrogens is 392 g/mol. The Balaban J connectivity index is 1.86. The van der Waals surface area contributed by atoms with E-state index in [1.165, 1.54) is 25.3 Å². The number of amides is 1. The molecule has 0 fully saturated rings. The van der Waals surface area contributed by atoms with E-state index in [2.05, 4.69) is 10.0 Å². The van der Waals surface area contributed by atoms with Crippen molar-refractivity contribution in [3.8, 4) is 5.75 Å². The van der Waals surface area contributed by atoms with Gasteiger partial charge in [-0.15, -0.1) is 0 Å². The van der Waals surface area contributed by atoms with Crippen LogP contribution in [0.15, 0.2) is 57.8 Å². The molecule has 0 aliphatic rings. The summed E-state index contributed by atoms with van der Waals surface area (Å²) in [6.07, 6.45) is 0. The predicted octanol–water partition coefficient (Wildman–Crippen LogP) is 3.62. The number of rotatable bonds is 7. The van der Waals surface area contributed by atoms with Gasteiger partial charge < -0.3 is 14.5 Å². The molecule has 0 bridgehead atoms. The molecule has 0 aliphatic heterocycles. The fourth-order valence-corrected chi connectivity index (χ4v) is 4.41. The van der Waals surface area contributed by atoms with E-state index < -0.39 is 22.0 Å². The molecule has 0 saturated heterocycles. The second-order valence-corrected chi connectivity index (χ2v) is 8.71. The van der Waals surface area contributed by atoms with Gasteiger partial charge in [0.15, 0.2) is 0 Å². The van der Waals surface area contributed by atoms with Crippen LogP contribution >= 0.6 is 0 Å². The van der Waals surface area contributed by atoms with E-state index in [4.69, 9.17) is 9.15 Å². The Labute approximate surface area is 170 Å². The Kier molecular flexibility index (Phi) is 5.95. The second-order valence-electron chi connectivity index (χ2n) is 7.02. The van der Waals surface area contributed by atoms with Crippen LogP contribution in [0.2, 0.25) is 0 Å². The highest BCUT2D eigenvalue weighted by atomic mass is 32.2. The first-order chi connectivity index (χ1) is 13.7. The van der Waals surface area contributed by atoms with Crippen LogP contribution in [0.1, 0.15) is 42.9 Å². The molecule has 1 heterocycles. The molecule has 2 aromatic carbocycles. The normalized spacial score (nSPS) is 12.9. The first kappa shape index (κ1) is 20.9. The Hall–Kier alpha value is -2.84. The third-order valence-electron chi connectivity index (χ3n) is 4.33. The molecule has 3 rings (SSSR count). The third-order valence-corrected chi connectivity index (χ3v) is 6.00. The van der Waals surface area contributed by atoms with E-state index in [0.29, 0.717) is 5.76 Å². The summed E-state index contributed by atoms with van der Waals surface area (Å²) in [7, 11) is -2.45. The molecule has 154 valence electrons. The van der Waals surface area contributed by atoms with Gasteiger partial charge in [0.05, 0.1) is 13.2 Å². The highest BCUT2D eigenvalue weighted by Gasteiger charge is 2.23. The third kappa shape index (κ3) is 4.60. The van der Waals surface area contributed by atoms with Gasteiger partial charge in [-0.25, -0.2) is 13.1 Å². The number of fused-ring (bicyclic) bond motifs is 1. The Morgan fingerprint density at radius 3 is 2.45 bits per heavy atom. The van der Waals surface area contributed by atoms with Crippen molar-refractivity contribution in [1.29, 1.82) is 0 Å². The first-order valence-corrected chi connectivity index (χ1v) is 10.7. The van der Waals surface area contributed by atoms with Crippen molar-refractivity contribution in [3.05, 3.63) is 59.9 Å². The molecule has 0 spiro atoms. The predicted molar refractivity (Wildman–Crippen MR) is 111 cm³/mol. The van der Waals surface area contributed by atoms with Crippen LogP contribution in [0.25, 0.3) is 11.0 Å². The van der Waals surface area contributed by atoms with Crippen molar-refractivity contribution in [2.75, 3.05) is 7.11 Å². The van der Waals surface area contributed by atoms with Gasteiger partial charge >= 0.3 is 0 Å². The fourth-order valence-electron chi connectivity index (χ4n) is 2.97. The zero-order chi connectivity index (χ0) is 21.2. The molecule has 2 N–H and O–H groups in total. The summed E-state index contributed by atoms with van der Waals surface area (Å²) in [6.45, 7) is 5.24. The largest absolute Gasteiger partial charge is 0.495 e. The van der Waals surface area contributed by atoms with Gasteiger partial charge in [0, 0.05) is 17.0 Å². The minimum absolute atomic E-state index is 0.0854. The van der Waals surface area contributed by atoms with E-state index in [0.717, 1.165) is 11.0 Å². The highest BCUT2D eigenvalue weighted by molar-refractivity contribution is 7.89. The molecule has 1 unspecified atom stereocenters. The van der Waals surface area contributed by atoms with Gasteiger partial charge in [-0.05, 0) is 51.1 Å². The minimum Gasteiger partial charge on any atom is -0.495 e. The van der Waals surface area contributed by atoms with E-state index in [-0.39, 0.29) is 22.3 Å². The quantitative estimate of drug-likeness (QED) is 0.613. The van der Waals surface area contributed by atoms with Crippen LogP contribution in [0.3, 0.4) is 0 Å². The number of benzene rings is 2. The molecular formula is C21H24N2O5S. The monoisotopic (exact) mass is 416 g/mol. The van der Waals surface area contributed by atoms with Crippen molar-refractivity contribution in [1.82, 2.24) is 10.0 Å². The van der Waals surface area contributed by atoms with Crippen molar-refractivity contribution in [2.24, 2.45) is 0 Å². The summed E-state index contributed by atoms with van der Waals surface area (Å²) in [5, 5.41) is 3.79. The smallest absolute Gasteiger partial charge is 0.251 e. The number of methoxy groups -OCH3 is 1. The van der Waals surface area contributed by atoms with Gasteiger partial charge in [0.2, 0.25) is 10.0 Å². The Morgan fingerprint density at radius 2 is 1.79 bits per heavy atom. The maximum absolute atomic E-state index is 12.7. The summed E-state index contributed by atoms with van der Waals surface area (Å²) >= 11 is 0. The summed E-state index contributed by atoms with van der Waals surface area (Å²) in [4.78, 5) is 12.7. The average molecular weight is 416 g/mol. The van der Waals surface area contributed by atoms with Crippen LogP contribution in [-0.4, -0.2) is 27.5 Å². The van der Waals surface area contributed by atoms with Crippen molar-refractivity contribution in [3.63, 3.8) is 0 Å². The summed E-state index contributed by atoms with van der Waals surface area (Å²) in [6, 6.07) is 13.1. The van der Waals surface area contributed by atoms with Crippen molar-refractivity contribution < 1.29 is 22.4 Å². The maximum Gasteiger partial charge on any atom is 0.251 e. The zero-order valence-corrected chi connectivity index (χ0v) is 17.5. The number of carbonyl (C=O) groups is 1. The fraction of sp³-hybridized carbons (Fsp3) is 0.286. The lowest BCUT2D eigenvalue weighted by atomic mass is 10.1. The van der Waals surface area contributed by atoms with E-state index in [1.54, 1.807) is 20.8 Å². The first-order valence-electron chi connectivity index (χ1n) is 9.21. The van der Waals surface area contributed by atoms with Gasteiger partial charge in [-0.1, -0.05) is 18.2 Å². The molecule has 3 aromatic rings.